The first-order valence-corrected chi connectivity index (χ1v) is 6.25. The van der Waals surface area contributed by atoms with E-state index in [1.165, 1.54) is 0 Å². The van der Waals surface area contributed by atoms with Crippen molar-refractivity contribution in [1.82, 2.24) is 0 Å². The number of carbonyl (C=O) groups is 1. The van der Waals surface area contributed by atoms with Crippen molar-refractivity contribution in [3.05, 3.63) is 33.2 Å². The van der Waals surface area contributed by atoms with Crippen molar-refractivity contribution in [2.45, 2.75) is 11.3 Å². The van der Waals surface area contributed by atoms with Crippen LogP contribution in [-0.4, -0.2) is 42.0 Å². The molecule has 2 aliphatic rings. The molecule has 1 fully saturated rings. The Balaban J connectivity index is 2.57. The molecule has 1 saturated heterocycles. The molecule has 2 atom stereocenters. The smallest absolute Gasteiger partial charge is 0.391 e. The molecular weight excluding hydrogens is 254 g/mol. The van der Waals surface area contributed by atoms with Crippen LogP contribution in [0.2, 0.25) is 0 Å². The van der Waals surface area contributed by atoms with Crippen molar-refractivity contribution in [3.8, 4) is 0 Å². The number of hydrogen-bond donors (Lipinski definition) is 1. The van der Waals surface area contributed by atoms with Crippen LogP contribution in [0, 0.1) is 10.1 Å². The number of fused-ring (bicyclic) bond motifs is 1. The predicted molar refractivity (Wildman–Crippen MR) is 53.2 cm³/mol. The van der Waals surface area contributed by atoms with Crippen molar-refractivity contribution < 1.29 is 28.0 Å². The predicted octanol–water partition coefficient (Wildman–Crippen LogP) is -0.689. The molecule has 2 rings (SSSR count). The quantitative estimate of drug-likeness (QED) is 0.404. The van der Waals surface area contributed by atoms with Gasteiger partial charge in [0.1, 0.15) is 0 Å². The molecule has 0 radical (unpaired) electrons. The second kappa shape index (κ2) is 2.93. The van der Waals surface area contributed by atoms with Crippen LogP contribution >= 0.6 is 0 Å². The fourth-order valence-electron chi connectivity index (χ4n) is 1.67. The van der Waals surface area contributed by atoms with E-state index in [2.05, 4.69) is 4.74 Å². The minimum Gasteiger partial charge on any atom is -0.479 e. The van der Waals surface area contributed by atoms with Crippen molar-refractivity contribution in [1.29, 1.82) is 0 Å². The molecule has 1 aliphatic heterocycles. The second-order valence-electron chi connectivity index (χ2n) is 3.75. The molecule has 8 nitrogen and oxygen atoms in total. The van der Waals surface area contributed by atoms with Gasteiger partial charge in [-0.05, 0) is 12.2 Å². The number of epoxide rings is 1. The number of carboxylic acid groups (broad SMARTS) is 1. The Kier molecular flexibility index (Phi) is 2.02. The van der Waals surface area contributed by atoms with Gasteiger partial charge < -0.3 is 5.11 Å². The molecule has 0 aromatic carbocycles. The number of nitrogens with zero attached hydrogens (tertiary/aromatic N) is 1. The average Bonchev–Trinajstić information content (AvgIpc) is 2.86. The first-order chi connectivity index (χ1) is 7.66. The van der Waals surface area contributed by atoms with Crippen LogP contribution in [0.4, 0.5) is 0 Å². The van der Waals surface area contributed by atoms with Crippen LogP contribution in [0.1, 0.15) is 0 Å². The van der Waals surface area contributed by atoms with Crippen molar-refractivity contribution in [3.63, 3.8) is 0 Å². The Labute approximate surface area is 95.3 Å². The number of nitro groups is 1. The van der Waals surface area contributed by atoms with E-state index in [4.69, 9.17) is 5.11 Å². The molecule has 1 heterocycles. The molecule has 0 bridgehead atoms. The van der Waals surface area contributed by atoms with Gasteiger partial charge in [-0.25, -0.2) is 13.2 Å². The lowest BCUT2D eigenvalue weighted by atomic mass is 9.96. The van der Waals surface area contributed by atoms with Crippen molar-refractivity contribution in [2.75, 3.05) is 6.26 Å². The molecule has 1 N–H and O–H groups in total. The molecule has 0 amide bonds. The van der Waals surface area contributed by atoms with E-state index in [1.54, 1.807) is 0 Å². The van der Waals surface area contributed by atoms with Crippen LogP contribution in [-0.2, 0) is 19.4 Å². The summed E-state index contributed by atoms with van der Waals surface area (Å²) in [7, 11) is -3.66. The van der Waals surface area contributed by atoms with Gasteiger partial charge in [-0.1, -0.05) is 0 Å². The molecule has 17 heavy (non-hydrogen) atoms. The third-order valence-corrected chi connectivity index (χ3v) is 3.75. The first kappa shape index (κ1) is 11.7. The number of ether oxygens (including phenoxy) is 1. The zero-order valence-electron chi connectivity index (χ0n) is 8.48. The third kappa shape index (κ3) is 1.32. The Hall–Kier alpha value is -1.74. The Morgan fingerprint density at radius 2 is 2.18 bits per heavy atom. The van der Waals surface area contributed by atoms with Gasteiger partial charge in [0, 0.05) is 12.3 Å². The van der Waals surface area contributed by atoms with Gasteiger partial charge in [0.2, 0.25) is 0 Å². The summed E-state index contributed by atoms with van der Waals surface area (Å²) >= 11 is 0. The maximum atomic E-state index is 11.2. The zero-order valence-corrected chi connectivity index (χ0v) is 9.30. The normalized spacial score (nSPS) is 34.8. The highest BCUT2D eigenvalue weighted by Crippen LogP contribution is 2.54. The summed E-state index contributed by atoms with van der Waals surface area (Å²) in [4.78, 5) is 20.5. The third-order valence-electron chi connectivity index (χ3n) is 2.64. The topological polar surface area (TPSA) is 127 Å². The van der Waals surface area contributed by atoms with Gasteiger partial charge in [0.15, 0.2) is 9.84 Å². The van der Waals surface area contributed by atoms with Gasteiger partial charge in [0.25, 0.3) is 5.60 Å². The second-order valence-corrected chi connectivity index (χ2v) is 5.76. The average molecular weight is 261 g/mol. The first-order valence-electron chi connectivity index (χ1n) is 4.36. The number of carboxylic acids is 1. The van der Waals surface area contributed by atoms with Crippen LogP contribution < -0.4 is 0 Å². The van der Waals surface area contributed by atoms with E-state index in [-0.39, 0.29) is 4.91 Å². The number of aliphatic carboxylic acids is 1. The summed E-state index contributed by atoms with van der Waals surface area (Å²) < 4.78 is 27.2. The molecule has 0 aromatic heterocycles. The highest BCUT2D eigenvalue weighted by Gasteiger charge is 2.85. The zero-order chi connectivity index (χ0) is 13.1. The summed E-state index contributed by atoms with van der Waals surface area (Å²) in [6, 6.07) is 0. The van der Waals surface area contributed by atoms with Gasteiger partial charge in [-0.15, -0.1) is 0 Å². The van der Waals surface area contributed by atoms with Gasteiger partial charge in [0.05, 0.1) is 9.83 Å². The molecule has 92 valence electrons. The SMILES string of the molecule is CS(=O)(=O)C1=CC2([N+](=O)[O-])OC2(C(=O)O)C=C1. The molecule has 2 unspecified atom stereocenters. The largest absolute Gasteiger partial charge is 0.479 e. The monoisotopic (exact) mass is 261 g/mol. The van der Waals surface area contributed by atoms with E-state index >= 15 is 0 Å². The maximum Gasteiger partial charge on any atom is 0.391 e. The summed E-state index contributed by atoms with van der Waals surface area (Å²) in [6.45, 7) is 0. The summed E-state index contributed by atoms with van der Waals surface area (Å²) in [5, 5.41) is 19.7. The number of allylic oxidation sites excluding steroid dienone is 1. The van der Waals surface area contributed by atoms with Gasteiger partial charge >= 0.3 is 11.7 Å². The fraction of sp³-hybridized carbons (Fsp3) is 0.375. The number of rotatable bonds is 3. The lowest BCUT2D eigenvalue weighted by Gasteiger charge is -2.09. The lowest BCUT2D eigenvalue weighted by molar-refractivity contribution is -0.549. The Bertz CT molecular complexity index is 589. The van der Waals surface area contributed by atoms with Crippen LogP contribution in [0.5, 0.6) is 0 Å². The number of sulfone groups is 1. The highest BCUT2D eigenvalue weighted by atomic mass is 32.2. The van der Waals surface area contributed by atoms with E-state index in [0.29, 0.717) is 0 Å². The van der Waals surface area contributed by atoms with E-state index in [1.807, 2.05) is 0 Å². The molecule has 9 heteroatoms. The molecule has 0 spiro atoms. The Morgan fingerprint density at radius 1 is 1.59 bits per heavy atom. The van der Waals surface area contributed by atoms with E-state index < -0.39 is 32.1 Å². The summed E-state index contributed by atoms with van der Waals surface area (Å²) in [5.74, 6) is -1.53. The fourth-order valence-corrected chi connectivity index (χ4v) is 2.36. The van der Waals surface area contributed by atoms with Crippen LogP contribution in [0.15, 0.2) is 23.1 Å². The van der Waals surface area contributed by atoms with Gasteiger partial charge in [-0.3, -0.25) is 14.9 Å². The van der Waals surface area contributed by atoms with Crippen molar-refractivity contribution in [2.24, 2.45) is 0 Å². The minimum atomic E-state index is -3.66. The lowest BCUT2D eigenvalue weighted by Crippen LogP contribution is -2.38. The molecule has 0 saturated carbocycles. The Morgan fingerprint density at radius 3 is 2.59 bits per heavy atom. The summed E-state index contributed by atoms with van der Waals surface area (Å²) in [6.07, 6.45) is 3.47. The van der Waals surface area contributed by atoms with Crippen molar-refractivity contribution >= 4 is 15.8 Å². The molecule has 1 aliphatic carbocycles. The van der Waals surface area contributed by atoms with E-state index in [9.17, 15) is 23.3 Å². The highest BCUT2D eigenvalue weighted by molar-refractivity contribution is 7.94. The number of hydrogen-bond acceptors (Lipinski definition) is 6. The van der Waals surface area contributed by atoms with E-state index in [0.717, 1.165) is 24.5 Å². The molecular formula is C8H7NO7S. The maximum absolute atomic E-state index is 11.2. The minimum absolute atomic E-state index is 0.330. The van der Waals surface area contributed by atoms with Crippen LogP contribution in [0.25, 0.3) is 0 Å². The summed E-state index contributed by atoms with van der Waals surface area (Å²) in [5.41, 5.74) is -4.41. The van der Waals surface area contributed by atoms with Gasteiger partial charge in [-0.2, -0.15) is 0 Å². The molecule has 0 aromatic rings. The standard InChI is InChI=1S/C8H7NO7S/c1-17(14,15)5-2-3-7(6(10)11)8(4-5,16-7)9(12)13/h2-4H,1H3,(H,10,11). The van der Waals surface area contributed by atoms with Crippen LogP contribution in [0.3, 0.4) is 0 Å².